The summed E-state index contributed by atoms with van der Waals surface area (Å²) in [6, 6.07) is 10.5. The minimum atomic E-state index is 0.122. The Morgan fingerprint density at radius 1 is 1.11 bits per heavy atom. The lowest BCUT2D eigenvalue weighted by atomic mass is 10.2. The molecule has 0 atom stereocenters. The Labute approximate surface area is 121 Å². The summed E-state index contributed by atoms with van der Waals surface area (Å²) in [4.78, 5) is 0. The van der Waals surface area contributed by atoms with Gasteiger partial charge < -0.3 is 15.2 Å². The zero-order valence-electron chi connectivity index (χ0n) is 10.3. The van der Waals surface area contributed by atoms with Gasteiger partial charge in [0.25, 0.3) is 0 Å². The molecule has 19 heavy (non-hydrogen) atoms. The van der Waals surface area contributed by atoms with Crippen LogP contribution in [0.15, 0.2) is 36.4 Å². The molecule has 3 nitrogen and oxygen atoms in total. The predicted molar refractivity (Wildman–Crippen MR) is 78.4 cm³/mol. The monoisotopic (exact) mass is 297 g/mol. The third-order valence-corrected chi connectivity index (χ3v) is 3.04. The lowest BCUT2D eigenvalue weighted by Crippen LogP contribution is -1.99. The topological polar surface area (TPSA) is 41.5 Å². The molecule has 0 unspecified atom stereocenters. The fourth-order valence-corrected chi connectivity index (χ4v) is 2.22. The molecule has 0 aliphatic heterocycles. The van der Waals surface area contributed by atoms with Gasteiger partial charge in [0.1, 0.15) is 0 Å². The lowest BCUT2D eigenvalue weighted by Gasteiger charge is -2.09. The van der Waals surface area contributed by atoms with Crippen molar-refractivity contribution in [2.24, 2.45) is 0 Å². The van der Waals surface area contributed by atoms with Crippen LogP contribution in [0.3, 0.4) is 0 Å². The molecular formula is C14H13Cl2NO2. The van der Waals surface area contributed by atoms with Crippen molar-refractivity contribution in [2.45, 2.75) is 6.54 Å². The maximum Gasteiger partial charge on any atom is 0.160 e. The van der Waals surface area contributed by atoms with Gasteiger partial charge in [0.05, 0.1) is 7.11 Å². The van der Waals surface area contributed by atoms with Gasteiger partial charge in [-0.3, -0.25) is 0 Å². The molecule has 0 spiro atoms. The van der Waals surface area contributed by atoms with Crippen LogP contribution in [-0.2, 0) is 6.54 Å². The predicted octanol–water partition coefficient (Wildman–Crippen LogP) is 4.32. The molecule has 0 radical (unpaired) electrons. The number of halogens is 2. The molecule has 0 saturated carbocycles. The summed E-state index contributed by atoms with van der Waals surface area (Å²) >= 11 is 11.8. The SMILES string of the molecule is COc1cc(CNc2cc(Cl)cc(Cl)c2)ccc1O. The Morgan fingerprint density at radius 3 is 2.42 bits per heavy atom. The first-order chi connectivity index (χ1) is 9.08. The summed E-state index contributed by atoms with van der Waals surface area (Å²) in [5.41, 5.74) is 1.82. The van der Waals surface area contributed by atoms with E-state index in [9.17, 15) is 5.11 Å². The minimum absolute atomic E-state index is 0.122. The first-order valence-electron chi connectivity index (χ1n) is 5.64. The molecule has 0 aliphatic rings. The van der Waals surface area contributed by atoms with Crippen molar-refractivity contribution in [1.29, 1.82) is 0 Å². The van der Waals surface area contributed by atoms with Crippen molar-refractivity contribution in [3.8, 4) is 11.5 Å². The number of hydrogen-bond acceptors (Lipinski definition) is 3. The first kappa shape index (κ1) is 13.8. The molecule has 0 amide bonds. The van der Waals surface area contributed by atoms with E-state index >= 15 is 0 Å². The van der Waals surface area contributed by atoms with Crippen LogP contribution in [0.1, 0.15) is 5.56 Å². The van der Waals surface area contributed by atoms with Crippen molar-refractivity contribution in [1.82, 2.24) is 0 Å². The van der Waals surface area contributed by atoms with Gasteiger partial charge in [-0.2, -0.15) is 0 Å². The van der Waals surface area contributed by atoms with Crippen molar-refractivity contribution in [3.63, 3.8) is 0 Å². The zero-order chi connectivity index (χ0) is 13.8. The van der Waals surface area contributed by atoms with Crippen LogP contribution in [0.25, 0.3) is 0 Å². The number of anilines is 1. The highest BCUT2D eigenvalue weighted by Crippen LogP contribution is 2.27. The van der Waals surface area contributed by atoms with Crippen LogP contribution in [0.5, 0.6) is 11.5 Å². The average Bonchev–Trinajstić information content (AvgIpc) is 2.36. The van der Waals surface area contributed by atoms with Gasteiger partial charge in [0, 0.05) is 22.3 Å². The molecule has 2 aromatic rings. The highest BCUT2D eigenvalue weighted by Gasteiger charge is 2.03. The second-order valence-corrected chi connectivity index (χ2v) is 4.89. The molecule has 0 saturated heterocycles. The van der Waals surface area contributed by atoms with Crippen LogP contribution in [0.4, 0.5) is 5.69 Å². The Balaban J connectivity index is 2.10. The molecule has 2 aromatic carbocycles. The van der Waals surface area contributed by atoms with Gasteiger partial charge in [0.15, 0.2) is 11.5 Å². The van der Waals surface area contributed by atoms with E-state index in [1.54, 1.807) is 30.3 Å². The number of methoxy groups -OCH3 is 1. The Hall–Kier alpha value is -1.58. The summed E-state index contributed by atoms with van der Waals surface area (Å²) in [6.45, 7) is 0.577. The van der Waals surface area contributed by atoms with E-state index in [4.69, 9.17) is 27.9 Å². The largest absolute Gasteiger partial charge is 0.504 e. The van der Waals surface area contributed by atoms with Crippen LogP contribution in [0.2, 0.25) is 10.0 Å². The molecule has 0 aromatic heterocycles. The number of ether oxygens (including phenoxy) is 1. The Kier molecular flexibility index (Phi) is 4.40. The van der Waals surface area contributed by atoms with E-state index in [0.29, 0.717) is 22.3 Å². The molecule has 5 heteroatoms. The van der Waals surface area contributed by atoms with Crippen molar-refractivity contribution in [3.05, 3.63) is 52.0 Å². The van der Waals surface area contributed by atoms with E-state index in [1.165, 1.54) is 7.11 Å². The second-order valence-electron chi connectivity index (χ2n) is 4.02. The molecule has 0 bridgehead atoms. The summed E-state index contributed by atoms with van der Waals surface area (Å²) in [6.07, 6.45) is 0. The van der Waals surface area contributed by atoms with Gasteiger partial charge in [-0.1, -0.05) is 29.3 Å². The maximum absolute atomic E-state index is 9.51. The average molecular weight is 298 g/mol. The number of phenols is 1. The van der Waals surface area contributed by atoms with Crippen LogP contribution in [0, 0.1) is 0 Å². The molecule has 2 N–H and O–H groups in total. The summed E-state index contributed by atoms with van der Waals surface area (Å²) in [5, 5.41) is 13.9. The highest BCUT2D eigenvalue weighted by atomic mass is 35.5. The van der Waals surface area contributed by atoms with Gasteiger partial charge >= 0.3 is 0 Å². The number of nitrogens with one attached hydrogen (secondary N) is 1. The smallest absolute Gasteiger partial charge is 0.160 e. The Bertz CT molecular complexity index is 567. The van der Waals surface area contributed by atoms with Gasteiger partial charge in [-0.15, -0.1) is 0 Å². The normalized spacial score (nSPS) is 10.3. The molecule has 0 aliphatic carbocycles. The molecule has 0 heterocycles. The summed E-state index contributed by atoms with van der Waals surface area (Å²) in [5.74, 6) is 0.570. The number of hydrogen-bond donors (Lipinski definition) is 2. The van der Waals surface area contributed by atoms with Gasteiger partial charge in [0.2, 0.25) is 0 Å². The number of phenolic OH excluding ortho intramolecular Hbond substituents is 1. The van der Waals surface area contributed by atoms with E-state index < -0.39 is 0 Å². The molecule has 0 fully saturated rings. The number of rotatable bonds is 4. The second kappa shape index (κ2) is 6.04. The number of benzene rings is 2. The van der Waals surface area contributed by atoms with Crippen LogP contribution >= 0.6 is 23.2 Å². The van der Waals surface area contributed by atoms with Gasteiger partial charge in [-0.25, -0.2) is 0 Å². The lowest BCUT2D eigenvalue weighted by molar-refractivity contribution is 0.373. The van der Waals surface area contributed by atoms with E-state index in [1.807, 2.05) is 6.07 Å². The fourth-order valence-electron chi connectivity index (χ4n) is 1.69. The van der Waals surface area contributed by atoms with Crippen molar-refractivity contribution in [2.75, 3.05) is 12.4 Å². The van der Waals surface area contributed by atoms with Gasteiger partial charge in [-0.05, 0) is 35.9 Å². The van der Waals surface area contributed by atoms with E-state index in [2.05, 4.69) is 5.32 Å². The quantitative estimate of drug-likeness (QED) is 0.883. The Morgan fingerprint density at radius 2 is 1.79 bits per heavy atom. The van der Waals surface area contributed by atoms with Crippen molar-refractivity contribution < 1.29 is 9.84 Å². The third-order valence-electron chi connectivity index (χ3n) is 2.60. The standard InChI is InChI=1S/C14H13Cl2NO2/c1-19-14-4-9(2-3-13(14)18)8-17-12-6-10(15)5-11(16)7-12/h2-7,17-18H,8H2,1H3. The third kappa shape index (κ3) is 3.69. The fraction of sp³-hybridized carbons (Fsp3) is 0.143. The van der Waals surface area contributed by atoms with Crippen molar-refractivity contribution >= 4 is 28.9 Å². The number of aromatic hydroxyl groups is 1. The highest BCUT2D eigenvalue weighted by molar-refractivity contribution is 6.35. The molecular weight excluding hydrogens is 285 g/mol. The first-order valence-corrected chi connectivity index (χ1v) is 6.40. The van der Waals surface area contributed by atoms with Crippen LogP contribution in [-0.4, -0.2) is 12.2 Å². The molecule has 100 valence electrons. The summed E-state index contributed by atoms with van der Waals surface area (Å²) < 4.78 is 5.06. The van der Waals surface area contributed by atoms with Crippen LogP contribution < -0.4 is 10.1 Å². The maximum atomic E-state index is 9.51. The molecule has 2 rings (SSSR count). The van der Waals surface area contributed by atoms with E-state index in [-0.39, 0.29) is 5.75 Å². The summed E-state index contributed by atoms with van der Waals surface area (Å²) in [7, 11) is 1.52. The minimum Gasteiger partial charge on any atom is -0.504 e. The zero-order valence-corrected chi connectivity index (χ0v) is 11.8. The van der Waals surface area contributed by atoms with E-state index in [0.717, 1.165) is 11.3 Å².